The number of halogens is 1. The minimum atomic E-state index is 0.0693. The van der Waals surface area contributed by atoms with Crippen molar-refractivity contribution < 1.29 is 5.11 Å². The number of benzene rings is 1. The molecule has 2 aromatic rings. The van der Waals surface area contributed by atoms with Crippen LogP contribution in [0, 0.1) is 17.2 Å². The molecule has 0 fully saturated rings. The second-order valence-corrected chi connectivity index (χ2v) is 5.58. The highest BCUT2D eigenvalue weighted by atomic mass is 79.9. The Bertz CT molecular complexity index is 642. The topological polar surface area (TPSA) is 81.8 Å². The molecule has 21 heavy (non-hydrogen) atoms. The predicted octanol–water partition coefficient (Wildman–Crippen LogP) is 2.37. The van der Waals surface area contributed by atoms with E-state index in [4.69, 9.17) is 5.26 Å². The fourth-order valence-corrected chi connectivity index (χ4v) is 2.41. The Morgan fingerprint density at radius 1 is 1.33 bits per heavy atom. The van der Waals surface area contributed by atoms with Crippen molar-refractivity contribution in [1.29, 1.82) is 5.26 Å². The van der Waals surface area contributed by atoms with E-state index in [-0.39, 0.29) is 12.5 Å². The number of aliphatic hydroxyl groups is 1. The van der Waals surface area contributed by atoms with Crippen molar-refractivity contribution >= 4 is 21.7 Å². The molecule has 0 radical (unpaired) electrons. The third kappa shape index (κ3) is 4.81. The van der Waals surface area contributed by atoms with Gasteiger partial charge in [-0.25, -0.2) is 9.97 Å². The van der Waals surface area contributed by atoms with E-state index in [1.54, 1.807) is 6.07 Å². The van der Waals surface area contributed by atoms with Crippen LogP contribution < -0.4 is 5.32 Å². The van der Waals surface area contributed by atoms with Gasteiger partial charge in [0.2, 0.25) is 0 Å². The maximum absolute atomic E-state index is 9.50. The molecule has 0 amide bonds. The van der Waals surface area contributed by atoms with Crippen LogP contribution >= 0.6 is 15.9 Å². The summed E-state index contributed by atoms with van der Waals surface area (Å²) >= 11 is 3.44. The number of nitrogens with one attached hydrogen (secondary N) is 1. The summed E-state index contributed by atoms with van der Waals surface area (Å²) in [6, 6.07) is 11.6. The van der Waals surface area contributed by atoms with Crippen LogP contribution in [0.3, 0.4) is 0 Å². The minimum Gasteiger partial charge on any atom is -0.396 e. The molecule has 0 unspecified atom stereocenters. The van der Waals surface area contributed by atoms with E-state index in [2.05, 4.69) is 31.2 Å². The molecule has 6 heteroatoms. The van der Waals surface area contributed by atoms with Crippen molar-refractivity contribution in [1.82, 2.24) is 9.97 Å². The van der Waals surface area contributed by atoms with E-state index in [1.807, 2.05) is 30.3 Å². The Morgan fingerprint density at radius 2 is 2.19 bits per heavy atom. The molecule has 1 aromatic heterocycles. The van der Waals surface area contributed by atoms with Gasteiger partial charge in [-0.05, 0) is 24.1 Å². The molecule has 0 spiro atoms. The summed E-state index contributed by atoms with van der Waals surface area (Å²) in [6.45, 7) is 0.653. The van der Waals surface area contributed by atoms with Crippen LogP contribution in [-0.4, -0.2) is 28.2 Å². The molecule has 5 nitrogen and oxygen atoms in total. The van der Waals surface area contributed by atoms with Gasteiger partial charge in [0.15, 0.2) is 0 Å². The summed E-state index contributed by atoms with van der Waals surface area (Å²) in [6.07, 6.45) is 2.11. The SMILES string of the molecule is N#Cc1cc(NC[C@@H](CO)Cc2cccc(Br)c2)ncn1. The monoisotopic (exact) mass is 346 g/mol. The van der Waals surface area contributed by atoms with E-state index in [9.17, 15) is 5.11 Å². The van der Waals surface area contributed by atoms with Crippen molar-refractivity contribution in [3.8, 4) is 6.07 Å². The zero-order valence-corrected chi connectivity index (χ0v) is 12.9. The van der Waals surface area contributed by atoms with Gasteiger partial charge in [-0.2, -0.15) is 5.26 Å². The van der Waals surface area contributed by atoms with E-state index < -0.39 is 0 Å². The van der Waals surface area contributed by atoms with Crippen LogP contribution in [0.2, 0.25) is 0 Å². The van der Waals surface area contributed by atoms with Crippen molar-refractivity contribution in [3.63, 3.8) is 0 Å². The standard InChI is InChI=1S/C15H15BrN4O/c16-13-3-1-2-11(5-13)4-12(9-21)8-18-15-6-14(7-17)19-10-20-15/h1-3,5-6,10,12,21H,4,8-9H2,(H,18,19,20)/t12-/m0/s1. The first-order chi connectivity index (χ1) is 10.2. The summed E-state index contributed by atoms with van der Waals surface area (Å²) in [5.41, 5.74) is 1.48. The average Bonchev–Trinajstić information content (AvgIpc) is 2.51. The lowest BCUT2D eigenvalue weighted by Crippen LogP contribution is -2.20. The third-order valence-electron chi connectivity index (χ3n) is 3.03. The molecule has 0 saturated heterocycles. The zero-order valence-electron chi connectivity index (χ0n) is 11.3. The molecule has 1 heterocycles. The molecule has 0 aliphatic heterocycles. The largest absolute Gasteiger partial charge is 0.396 e. The maximum Gasteiger partial charge on any atom is 0.145 e. The van der Waals surface area contributed by atoms with E-state index in [0.29, 0.717) is 18.1 Å². The molecule has 1 aromatic carbocycles. The van der Waals surface area contributed by atoms with Gasteiger partial charge in [-0.15, -0.1) is 0 Å². The fraction of sp³-hybridized carbons (Fsp3) is 0.267. The molecule has 1 atom stereocenters. The molecule has 0 aliphatic rings. The number of anilines is 1. The Hall–Kier alpha value is -1.97. The van der Waals surface area contributed by atoms with Crippen LogP contribution in [-0.2, 0) is 6.42 Å². The van der Waals surface area contributed by atoms with Gasteiger partial charge in [0.25, 0.3) is 0 Å². The lowest BCUT2D eigenvalue weighted by molar-refractivity contribution is 0.232. The highest BCUT2D eigenvalue weighted by molar-refractivity contribution is 9.10. The smallest absolute Gasteiger partial charge is 0.145 e. The number of nitrogens with zero attached hydrogens (tertiary/aromatic N) is 3. The summed E-state index contributed by atoms with van der Waals surface area (Å²) in [5, 5.41) is 21.4. The van der Waals surface area contributed by atoms with Crippen LogP contribution in [0.4, 0.5) is 5.82 Å². The Balaban J connectivity index is 1.95. The summed E-state index contributed by atoms with van der Waals surface area (Å²) < 4.78 is 1.03. The van der Waals surface area contributed by atoms with Crippen molar-refractivity contribution in [2.24, 2.45) is 5.92 Å². The number of rotatable bonds is 6. The number of nitriles is 1. The third-order valence-corrected chi connectivity index (χ3v) is 3.52. The molecular weight excluding hydrogens is 332 g/mol. The number of aromatic nitrogens is 2. The van der Waals surface area contributed by atoms with Gasteiger partial charge in [-0.1, -0.05) is 28.1 Å². The van der Waals surface area contributed by atoms with Gasteiger partial charge >= 0.3 is 0 Å². The first kappa shape index (κ1) is 15.4. The fourth-order valence-electron chi connectivity index (χ4n) is 1.96. The minimum absolute atomic E-state index is 0.0693. The van der Waals surface area contributed by atoms with Crippen LogP contribution in [0.5, 0.6) is 0 Å². The summed E-state index contributed by atoms with van der Waals surface area (Å²) in [5.74, 6) is 0.661. The number of hydrogen-bond donors (Lipinski definition) is 2. The number of aliphatic hydroxyl groups excluding tert-OH is 1. The Morgan fingerprint density at radius 3 is 2.90 bits per heavy atom. The van der Waals surface area contributed by atoms with Crippen molar-refractivity contribution in [3.05, 3.63) is 52.4 Å². The molecule has 2 N–H and O–H groups in total. The van der Waals surface area contributed by atoms with Crippen molar-refractivity contribution in [2.45, 2.75) is 6.42 Å². The molecule has 2 rings (SSSR count). The second-order valence-electron chi connectivity index (χ2n) is 4.66. The average molecular weight is 347 g/mol. The van der Waals surface area contributed by atoms with Gasteiger partial charge in [-0.3, -0.25) is 0 Å². The second kappa shape index (κ2) is 7.72. The Kier molecular flexibility index (Phi) is 5.67. The molecular formula is C15H15BrN4O. The Labute approximate surface area is 131 Å². The summed E-state index contributed by atoms with van der Waals surface area (Å²) in [7, 11) is 0. The van der Waals surface area contributed by atoms with Gasteiger partial charge in [0, 0.05) is 29.6 Å². The van der Waals surface area contributed by atoms with Gasteiger partial charge in [0.05, 0.1) is 0 Å². The van der Waals surface area contributed by atoms with E-state index in [1.165, 1.54) is 6.33 Å². The number of hydrogen-bond acceptors (Lipinski definition) is 5. The molecule has 0 saturated carbocycles. The first-order valence-electron chi connectivity index (χ1n) is 6.52. The summed E-state index contributed by atoms with van der Waals surface area (Å²) in [4.78, 5) is 7.87. The van der Waals surface area contributed by atoms with Crippen molar-refractivity contribution in [2.75, 3.05) is 18.5 Å². The highest BCUT2D eigenvalue weighted by Gasteiger charge is 2.09. The van der Waals surface area contributed by atoms with E-state index in [0.717, 1.165) is 16.5 Å². The first-order valence-corrected chi connectivity index (χ1v) is 7.32. The zero-order chi connectivity index (χ0) is 15.1. The normalized spacial score (nSPS) is 11.7. The highest BCUT2D eigenvalue weighted by Crippen LogP contribution is 2.15. The van der Waals surface area contributed by atoms with Gasteiger partial charge < -0.3 is 10.4 Å². The maximum atomic E-state index is 9.50. The van der Waals surface area contributed by atoms with Crippen LogP contribution in [0.15, 0.2) is 41.1 Å². The molecule has 0 aliphatic carbocycles. The predicted molar refractivity (Wildman–Crippen MR) is 83.7 cm³/mol. The molecule has 0 bridgehead atoms. The van der Waals surface area contributed by atoms with Crippen LogP contribution in [0.25, 0.3) is 0 Å². The van der Waals surface area contributed by atoms with Crippen LogP contribution in [0.1, 0.15) is 11.3 Å². The van der Waals surface area contributed by atoms with E-state index >= 15 is 0 Å². The lowest BCUT2D eigenvalue weighted by atomic mass is 10.00. The lowest BCUT2D eigenvalue weighted by Gasteiger charge is -2.15. The van der Waals surface area contributed by atoms with Gasteiger partial charge in [0.1, 0.15) is 23.9 Å². The molecule has 108 valence electrons. The quantitative estimate of drug-likeness (QED) is 0.838.